The van der Waals surface area contributed by atoms with Crippen LogP contribution in [-0.2, 0) is 9.53 Å². The number of hydrogen-bond acceptors (Lipinski definition) is 4. The Hall–Kier alpha value is -1.72. The van der Waals surface area contributed by atoms with E-state index < -0.39 is 0 Å². The molecule has 0 N–H and O–H groups in total. The minimum absolute atomic E-state index is 0.0111. The predicted molar refractivity (Wildman–Crippen MR) is 101 cm³/mol. The van der Waals surface area contributed by atoms with Crippen LogP contribution < -0.4 is 0 Å². The second-order valence-corrected chi connectivity index (χ2v) is 8.24. The van der Waals surface area contributed by atoms with Crippen LogP contribution in [0.4, 0.5) is 0 Å². The molecule has 25 heavy (non-hydrogen) atoms. The maximum absolute atomic E-state index is 13.3. The van der Waals surface area contributed by atoms with Gasteiger partial charge in [-0.2, -0.15) is 0 Å². The van der Waals surface area contributed by atoms with Crippen LogP contribution in [0.25, 0.3) is 10.2 Å². The lowest BCUT2D eigenvalue weighted by molar-refractivity contribution is -0.148. The van der Waals surface area contributed by atoms with Crippen molar-refractivity contribution in [2.45, 2.75) is 44.8 Å². The molecule has 0 spiro atoms. The fraction of sp³-hybridized carbons (Fsp3) is 0.500. The second-order valence-electron chi connectivity index (χ2n) is 7.18. The van der Waals surface area contributed by atoms with Crippen molar-refractivity contribution in [2.75, 3.05) is 13.1 Å². The molecule has 2 aromatic rings. The second kappa shape index (κ2) is 6.89. The Labute approximate surface area is 152 Å². The van der Waals surface area contributed by atoms with Gasteiger partial charge < -0.3 is 9.64 Å². The minimum Gasteiger partial charge on any atom is -0.372 e. The van der Waals surface area contributed by atoms with E-state index in [9.17, 15) is 4.79 Å². The van der Waals surface area contributed by atoms with E-state index in [1.54, 1.807) is 11.3 Å². The van der Waals surface area contributed by atoms with Gasteiger partial charge >= 0.3 is 0 Å². The summed E-state index contributed by atoms with van der Waals surface area (Å²) < 4.78 is 6.99. The Bertz CT molecular complexity index is 757. The highest BCUT2D eigenvalue weighted by molar-refractivity contribution is 7.18. The first-order valence-corrected chi connectivity index (χ1v) is 9.88. The SMILES string of the molecule is C[C@@H]1CN(C(=O)[C@@H]2CC=CC[C@H]2c2nc3ccccc3s2)C[C@@H](C)O1. The molecular formula is C20H24N2O2S. The Kier molecular flexibility index (Phi) is 4.61. The number of para-hydroxylation sites is 1. The van der Waals surface area contributed by atoms with Crippen molar-refractivity contribution in [2.24, 2.45) is 5.92 Å². The van der Waals surface area contributed by atoms with E-state index in [0.29, 0.717) is 13.1 Å². The van der Waals surface area contributed by atoms with Crippen molar-refractivity contribution >= 4 is 27.5 Å². The lowest BCUT2D eigenvalue weighted by Gasteiger charge is -2.38. The van der Waals surface area contributed by atoms with Gasteiger partial charge in [0.05, 0.1) is 33.4 Å². The van der Waals surface area contributed by atoms with Crippen LogP contribution in [0.2, 0.25) is 0 Å². The molecule has 1 aromatic carbocycles. The summed E-state index contributed by atoms with van der Waals surface area (Å²) in [6.07, 6.45) is 6.26. The zero-order valence-electron chi connectivity index (χ0n) is 14.7. The molecule has 1 aliphatic carbocycles. The number of hydrogen-bond donors (Lipinski definition) is 0. The third-order valence-corrected chi connectivity index (χ3v) is 6.28. The Morgan fingerprint density at radius 3 is 2.64 bits per heavy atom. The summed E-state index contributed by atoms with van der Waals surface area (Å²) in [5.41, 5.74) is 1.04. The highest BCUT2D eigenvalue weighted by Gasteiger charge is 2.37. The highest BCUT2D eigenvalue weighted by Crippen LogP contribution is 2.39. The Morgan fingerprint density at radius 1 is 1.16 bits per heavy atom. The number of allylic oxidation sites excluding steroid dienone is 2. The van der Waals surface area contributed by atoms with E-state index in [1.165, 1.54) is 4.70 Å². The maximum Gasteiger partial charge on any atom is 0.226 e. The summed E-state index contributed by atoms with van der Waals surface area (Å²) in [6.45, 7) is 5.47. The first-order valence-electron chi connectivity index (χ1n) is 9.06. The van der Waals surface area contributed by atoms with Crippen molar-refractivity contribution in [1.29, 1.82) is 0 Å². The average molecular weight is 356 g/mol. The quantitative estimate of drug-likeness (QED) is 0.764. The minimum atomic E-state index is -0.0111. The number of amides is 1. The van der Waals surface area contributed by atoms with Crippen molar-refractivity contribution < 1.29 is 9.53 Å². The van der Waals surface area contributed by atoms with Gasteiger partial charge in [-0.15, -0.1) is 11.3 Å². The van der Waals surface area contributed by atoms with Gasteiger partial charge in [-0.25, -0.2) is 4.98 Å². The molecule has 132 valence electrons. The molecule has 2 aliphatic rings. The van der Waals surface area contributed by atoms with E-state index in [-0.39, 0.29) is 30.0 Å². The molecule has 4 atom stereocenters. The molecule has 0 radical (unpaired) electrons. The van der Waals surface area contributed by atoms with Crippen LogP contribution in [-0.4, -0.2) is 41.1 Å². The van der Waals surface area contributed by atoms with Gasteiger partial charge in [-0.3, -0.25) is 4.79 Å². The van der Waals surface area contributed by atoms with Gasteiger partial charge in [0.1, 0.15) is 0 Å². The summed E-state index contributed by atoms with van der Waals surface area (Å²) in [5, 5.41) is 1.10. The summed E-state index contributed by atoms with van der Waals surface area (Å²) >= 11 is 1.73. The summed E-state index contributed by atoms with van der Waals surface area (Å²) in [4.78, 5) is 20.1. The lowest BCUT2D eigenvalue weighted by atomic mass is 9.82. The van der Waals surface area contributed by atoms with Gasteiger partial charge in [-0.05, 0) is 38.8 Å². The predicted octanol–water partition coefficient (Wildman–Crippen LogP) is 3.98. The number of morpholine rings is 1. The normalized spacial score (nSPS) is 29.9. The number of rotatable bonds is 2. The Morgan fingerprint density at radius 2 is 1.88 bits per heavy atom. The van der Waals surface area contributed by atoms with Crippen LogP contribution in [0.1, 0.15) is 37.6 Å². The van der Waals surface area contributed by atoms with E-state index in [0.717, 1.165) is 23.4 Å². The van der Waals surface area contributed by atoms with Crippen molar-refractivity contribution in [3.8, 4) is 0 Å². The number of carbonyl (C=O) groups excluding carboxylic acids is 1. The first-order chi connectivity index (χ1) is 12.1. The van der Waals surface area contributed by atoms with Crippen LogP contribution in [0, 0.1) is 5.92 Å². The van der Waals surface area contributed by atoms with Gasteiger partial charge in [-0.1, -0.05) is 24.3 Å². The van der Waals surface area contributed by atoms with Crippen LogP contribution >= 0.6 is 11.3 Å². The van der Waals surface area contributed by atoms with Gasteiger partial charge in [0.2, 0.25) is 5.91 Å². The van der Waals surface area contributed by atoms with Crippen LogP contribution in [0.3, 0.4) is 0 Å². The molecule has 4 nitrogen and oxygen atoms in total. The first kappa shape index (κ1) is 16.7. The third kappa shape index (κ3) is 3.35. The average Bonchev–Trinajstić information content (AvgIpc) is 3.04. The molecule has 0 unspecified atom stereocenters. The molecule has 4 rings (SSSR count). The van der Waals surface area contributed by atoms with Crippen molar-refractivity contribution in [3.05, 3.63) is 41.4 Å². The lowest BCUT2D eigenvalue weighted by Crippen LogP contribution is -2.50. The number of aromatic nitrogens is 1. The molecule has 1 fully saturated rings. The van der Waals surface area contributed by atoms with Gasteiger partial charge in [0.15, 0.2) is 0 Å². The third-order valence-electron chi connectivity index (χ3n) is 5.11. The van der Waals surface area contributed by atoms with E-state index >= 15 is 0 Å². The van der Waals surface area contributed by atoms with E-state index in [4.69, 9.17) is 9.72 Å². The number of thiazole rings is 1. The molecule has 0 bridgehead atoms. The number of ether oxygens (including phenoxy) is 1. The van der Waals surface area contributed by atoms with Crippen molar-refractivity contribution in [1.82, 2.24) is 9.88 Å². The Balaban J connectivity index is 1.60. The van der Waals surface area contributed by atoms with Crippen molar-refractivity contribution in [3.63, 3.8) is 0 Å². The number of nitrogens with zero attached hydrogens (tertiary/aromatic N) is 2. The summed E-state index contributed by atoms with van der Waals surface area (Å²) in [6, 6.07) is 8.23. The van der Waals surface area contributed by atoms with Gasteiger partial charge in [0.25, 0.3) is 0 Å². The fourth-order valence-electron chi connectivity index (χ4n) is 4.00. The molecule has 1 saturated heterocycles. The van der Waals surface area contributed by atoms with Gasteiger partial charge in [0, 0.05) is 19.0 Å². The molecule has 5 heteroatoms. The zero-order chi connectivity index (χ0) is 17.4. The number of benzene rings is 1. The van der Waals surface area contributed by atoms with E-state index in [2.05, 4.69) is 24.3 Å². The standard InChI is InChI=1S/C20H24N2O2S/c1-13-11-22(12-14(2)24-13)20(23)16-8-4-3-7-15(16)19-21-17-9-5-6-10-18(17)25-19/h3-6,9-10,13-16H,7-8,11-12H2,1-2H3/t13-,14-,15-,16-/m1/s1. The molecule has 1 amide bonds. The largest absolute Gasteiger partial charge is 0.372 e. The number of fused-ring (bicyclic) bond motifs is 1. The smallest absolute Gasteiger partial charge is 0.226 e. The molecule has 1 aliphatic heterocycles. The molecule has 0 saturated carbocycles. The summed E-state index contributed by atoms with van der Waals surface area (Å²) in [5.74, 6) is 0.432. The monoisotopic (exact) mass is 356 g/mol. The summed E-state index contributed by atoms with van der Waals surface area (Å²) in [7, 11) is 0. The zero-order valence-corrected chi connectivity index (χ0v) is 15.5. The maximum atomic E-state index is 13.3. The number of carbonyl (C=O) groups is 1. The highest BCUT2D eigenvalue weighted by atomic mass is 32.1. The fourth-order valence-corrected chi connectivity index (χ4v) is 5.15. The van der Waals surface area contributed by atoms with Crippen LogP contribution in [0.5, 0.6) is 0 Å². The molecule has 2 heterocycles. The van der Waals surface area contributed by atoms with E-state index in [1.807, 2.05) is 30.9 Å². The molecule has 1 aromatic heterocycles. The molecular weight excluding hydrogens is 332 g/mol. The topological polar surface area (TPSA) is 42.4 Å². The van der Waals surface area contributed by atoms with Crippen LogP contribution in [0.15, 0.2) is 36.4 Å².